The zero-order valence-electron chi connectivity index (χ0n) is 4.84. The van der Waals surface area contributed by atoms with Crippen molar-refractivity contribution in [1.82, 2.24) is 0 Å². The number of hydrogen-bond acceptors (Lipinski definition) is 7. The van der Waals surface area contributed by atoms with Crippen LogP contribution in [0.1, 0.15) is 0 Å². The van der Waals surface area contributed by atoms with Gasteiger partial charge in [-0.1, -0.05) is 0 Å². The van der Waals surface area contributed by atoms with Gasteiger partial charge in [0, 0.05) is 0 Å². The van der Waals surface area contributed by atoms with Crippen LogP contribution in [0.15, 0.2) is 0 Å². The molecule has 8 heteroatoms. The zero-order chi connectivity index (χ0) is 8.85. The Labute approximate surface area is 62.8 Å². The fraction of sp³-hybridized carbons (Fsp3) is 0. The quantitative estimate of drug-likeness (QED) is 0.159. The van der Waals surface area contributed by atoms with E-state index in [4.69, 9.17) is 0 Å². The van der Waals surface area contributed by atoms with Gasteiger partial charge < -0.3 is 13.5 Å². The summed E-state index contributed by atoms with van der Waals surface area (Å²) in [6.07, 6.45) is 0. The molecule has 0 saturated carbocycles. The summed E-state index contributed by atoms with van der Waals surface area (Å²) in [7, 11) is 0. The molecule has 0 aliphatic rings. The predicted octanol–water partition coefficient (Wildman–Crippen LogP) is -1.98. The predicted molar refractivity (Wildman–Crippen MR) is 27.2 cm³/mol. The summed E-state index contributed by atoms with van der Waals surface area (Å²) in [6.45, 7) is -0.322. The van der Waals surface area contributed by atoms with Crippen molar-refractivity contribution in [2.24, 2.45) is 0 Å². The van der Waals surface area contributed by atoms with E-state index in [1.807, 2.05) is 0 Å². The van der Waals surface area contributed by atoms with Crippen molar-refractivity contribution in [1.29, 1.82) is 0 Å². The zero-order valence-corrected chi connectivity index (χ0v) is 5.66. The molecule has 0 aliphatic carbocycles. The average Bonchev–Trinajstić information content (AvgIpc) is 1.86. The lowest BCUT2D eigenvalue weighted by Gasteiger charge is -2.01. The van der Waals surface area contributed by atoms with Crippen molar-refractivity contribution in [3.05, 3.63) is 0 Å². The number of rotatable bonds is 2. The Bertz CT molecular complexity index is 208. The fourth-order valence-corrected chi connectivity index (χ4v) is 0.379. The molecule has 1 atom stereocenters. The maximum absolute atomic E-state index is 10.1. The minimum atomic E-state index is -3.14. The van der Waals surface area contributed by atoms with E-state index < -0.39 is 23.3 Å². The van der Waals surface area contributed by atoms with Gasteiger partial charge in [-0.25, -0.2) is 13.8 Å². The SMILES string of the molecule is O=COC(=O)C(=O)OS(=O)[O-]. The smallest absolute Gasteiger partial charge is 0.431 e. The molecule has 0 aliphatic heterocycles. The lowest BCUT2D eigenvalue weighted by molar-refractivity contribution is -0.164. The van der Waals surface area contributed by atoms with Crippen LogP contribution >= 0.6 is 0 Å². The molecule has 0 spiro atoms. The minimum Gasteiger partial charge on any atom is -0.740 e. The number of hydrogen-bond donors (Lipinski definition) is 0. The first-order chi connectivity index (χ1) is 5.07. The second-order valence-corrected chi connectivity index (χ2v) is 1.65. The third kappa shape index (κ3) is 4.17. The highest BCUT2D eigenvalue weighted by Crippen LogP contribution is 1.84. The third-order valence-corrected chi connectivity index (χ3v) is 0.753. The van der Waals surface area contributed by atoms with Crippen LogP contribution in [0.25, 0.3) is 0 Å². The Hall–Kier alpha value is -1.28. The molecular formula is C3HO7S-. The van der Waals surface area contributed by atoms with Crippen LogP contribution in [0.4, 0.5) is 0 Å². The first-order valence-corrected chi connectivity index (χ1v) is 3.04. The second kappa shape index (κ2) is 4.52. The highest BCUT2D eigenvalue weighted by molar-refractivity contribution is 7.74. The van der Waals surface area contributed by atoms with Crippen LogP contribution in [-0.4, -0.2) is 27.2 Å². The normalized spacial score (nSPS) is 11.4. The van der Waals surface area contributed by atoms with Crippen LogP contribution in [0.3, 0.4) is 0 Å². The Balaban J connectivity index is 3.93. The summed E-state index contributed by atoms with van der Waals surface area (Å²) in [4.78, 5) is 29.6. The Morgan fingerprint density at radius 2 is 1.91 bits per heavy atom. The minimum absolute atomic E-state index is 0.322. The van der Waals surface area contributed by atoms with Gasteiger partial charge in [-0.15, -0.1) is 0 Å². The fourth-order valence-electron chi connectivity index (χ4n) is 0.188. The van der Waals surface area contributed by atoms with Gasteiger partial charge in [-0.05, 0) is 0 Å². The van der Waals surface area contributed by atoms with Crippen molar-refractivity contribution in [3.63, 3.8) is 0 Å². The van der Waals surface area contributed by atoms with Crippen LogP contribution in [0.5, 0.6) is 0 Å². The highest BCUT2D eigenvalue weighted by Gasteiger charge is 2.17. The van der Waals surface area contributed by atoms with Crippen LogP contribution in [0.2, 0.25) is 0 Å². The van der Waals surface area contributed by atoms with E-state index in [0.29, 0.717) is 0 Å². The molecule has 0 heterocycles. The first kappa shape index (κ1) is 9.72. The lowest BCUT2D eigenvalue weighted by Crippen LogP contribution is -2.20. The lowest BCUT2D eigenvalue weighted by atomic mass is 10.7. The number of esters is 1. The molecule has 0 amide bonds. The van der Waals surface area contributed by atoms with Crippen molar-refractivity contribution in [2.45, 2.75) is 0 Å². The van der Waals surface area contributed by atoms with Gasteiger partial charge in [0.1, 0.15) is 11.4 Å². The Kier molecular flexibility index (Phi) is 4.00. The summed E-state index contributed by atoms with van der Waals surface area (Å²) in [5, 5.41) is 0. The second-order valence-electron chi connectivity index (χ2n) is 1.08. The molecule has 0 radical (unpaired) electrons. The van der Waals surface area contributed by atoms with Gasteiger partial charge in [0.05, 0.1) is 0 Å². The largest absolute Gasteiger partial charge is 0.740 e. The molecule has 0 aromatic heterocycles. The van der Waals surface area contributed by atoms with E-state index in [1.165, 1.54) is 0 Å². The van der Waals surface area contributed by atoms with E-state index in [0.717, 1.165) is 0 Å². The van der Waals surface area contributed by atoms with Gasteiger partial charge in [-0.3, -0.25) is 4.79 Å². The van der Waals surface area contributed by atoms with E-state index >= 15 is 0 Å². The van der Waals surface area contributed by atoms with E-state index in [1.54, 1.807) is 0 Å². The number of ether oxygens (including phenoxy) is 1. The molecular weight excluding hydrogens is 180 g/mol. The Morgan fingerprint density at radius 3 is 2.27 bits per heavy atom. The third-order valence-electron chi connectivity index (χ3n) is 0.466. The summed E-state index contributed by atoms with van der Waals surface area (Å²) >= 11 is -3.14. The molecule has 0 saturated heterocycles. The van der Waals surface area contributed by atoms with Gasteiger partial charge in [0.2, 0.25) is 0 Å². The van der Waals surface area contributed by atoms with E-state index in [2.05, 4.69) is 8.92 Å². The Morgan fingerprint density at radius 1 is 1.36 bits per heavy atom. The van der Waals surface area contributed by atoms with Gasteiger partial charge >= 0.3 is 18.4 Å². The number of carbonyl (C=O) groups excluding carboxylic acids is 3. The standard InChI is InChI=1S/C3H2O7S/c4-1-9-2(5)3(6)10-11(7)8/h1H,(H,7,8)/p-1. The molecule has 7 nitrogen and oxygen atoms in total. The maximum atomic E-state index is 10.1. The first-order valence-electron chi connectivity index (χ1n) is 2.04. The van der Waals surface area contributed by atoms with Crippen LogP contribution in [0, 0.1) is 0 Å². The average molecular weight is 181 g/mol. The van der Waals surface area contributed by atoms with Crippen molar-refractivity contribution >= 4 is 29.8 Å². The molecule has 0 N–H and O–H groups in total. The topological polar surface area (TPSA) is 110 Å². The van der Waals surface area contributed by atoms with Crippen molar-refractivity contribution < 1.29 is 32.1 Å². The van der Waals surface area contributed by atoms with Crippen LogP contribution in [-0.2, 0) is 34.7 Å². The highest BCUT2D eigenvalue weighted by atomic mass is 32.2. The summed E-state index contributed by atoms with van der Waals surface area (Å²) < 4.78 is 25.9. The summed E-state index contributed by atoms with van der Waals surface area (Å²) in [5.41, 5.74) is 0. The van der Waals surface area contributed by atoms with Gasteiger partial charge in [0.25, 0.3) is 0 Å². The number of carbonyl (C=O) groups is 3. The van der Waals surface area contributed by atoms with Gasteiger partial charge in [0.15, 0.2) is 0 Å². The summed E-state index contributed by atoms with van der Waals surface area (Å²) in [5.74, 6) is -3.46. The molecule has 62 valence electrons. The molecule has 0 aromatic carbocycles. The van der Waals surface area contributed by atoms with E-state index in [9.17, 15) is 23.1 Å². The molecule has 11 heavy (non-hydrogen) atoms. The van der Waals surface area contributed by atoms with Crippen molar-refractivity contribution in [3.8, 4) is 0 Å². The molecule has 0 aromatic rings. The van der Waals surface area contributed by atoms with Crippen molar-refractivity contribution in [2.75, 3.05) is 0 Å². The van der Waals surface area contributed by atoms with Gasteiger partial charge in [-0.2, -0.15) is 0 Å². The summed E-state index contributed by atoms with van der Waals surface area (Å²) in [6, 6.07) is 0. The monoisotopic (exact) mass is 181 g/mol. The van der Waals surface area contributed by atoms with E-state index in [-0.39, 0.29) is 6.47 Å². The molecule has 0 rings (SSSR count). The molecule has 0 fully saturated rings. The maximum Gasteiger partial charge on any atom is 0.431 e. The van der Waals surface area contributed by atoms with Crippen LogP contribution < -0.4 is 0 Å². The molecule has 1 unspecified atom stereocenters. The molecule has 0 bridgehead atoms.